The van der Waals surface area contributed by atoms with Crippen LogP contribution in [-0.4, -0.2) is 0 Å². The Bertz CT molecular complexity index is 1250. The van der Waals surface area contributed by atoms with Gasteiger partial charge in [0.05, 0.1) is 0 Å². The predicted molar refractivity (Wildman–Crippen MR) is 179 cm³/mol. The number of unbranched alkanes of at least 4 members (excludes halogenated alkanes) is 3. The second-order valence-electron chi connectivity index (χ2n) is 12.2. The highest BCUT2D eigenvalue weighted by atomic mass is 14.5. The fourth-order valence-corrected chi connectivity index (χ4v) is 5.96. The van der Waals surface area contributed by atoms with E-state index in [1.165, 1.54) is 102 Å². The minimum atomic E-state index is 0.779. The average Bonchev–Trinajstić information content (AvgIpc) is 2.96. The minimum Gasteiger partial charge on any atom is -0.399 e. The Morgan fingerprint density at radius 2 is 0.951 bits per heavy atom. The standard InChI is InChI=1S/C39H50N2/c1-4-5-6-7-8-31(9-11-32-13-17-34(18-14-32)27-36-21-23-38(40)25-29(36)2)10-12-33-15-19-35(20-16-33)28-37-22-24-39(41)26-30(37)3/h13-26,31H,4-12,27-28,40-41H2,1-3H3. The van der Waals surface area contributed by atoms with Gasteiger partial charge in [-0.25, -0.2) is 0 Å². The molecule has 0 fully saturated rings. The zero-order valence-electron chi connectivity index (χ0n) is 25.6. The molecule has 0 aliphatic rings. The lowest BCUT2D eigenvalue weighted by Gasteiger charge is -2.18. The van der Waals surface area contributed by atoms with Crippen LogP contribution >= 0.6 is 0 Å². The van der Waals surface area contributed by atoms with Crippen molar-refractivity contribution in [2.45, 2.75) is 91.4 Å². The SMILES string of the molecule is CCCCCCC(CCc1ccc(Cc2ccc(N)cc2C)cc1)CCc1ccc(Cc2ccc(N)cc2C)cc1. The molecule has 0 radical (unpaired) electrons. The number of aryl methyl sites for hydroxylation is 4. The molecule has 4 N–H and O–H groups in total. The van der Waals surface area contributed by atoms with Crippen LogP contribution in [0.1, 0.15) is 96.4 Å². The smallest absolute Gasteiger partial charge is 0.0316 e. The number of nitrogen functional groups attached to an aromatic ring is 2. The molecule has 216 valence electrons. The second-order valence-corrected chi connectivity index (χ2v) is 12.2. The molecule has 0 unspecified atom stereocenters. The third-order valence-electron chi connectivity index (χ3n) is 8.72. The van der Waals surface area contributed by atoms with Crippen LogP contribution in [0.5, 0.6) is 0 Å². The maximum absolute atomic E-state index is 5.94. The Balaban J connectivity index is 1.30. The molecule has 0 heterocycles. The van der Waals surface area contributed by atoms with E-state index in [9.17, 15) is 0 Å². The monoisotopic (exact) mass is 546 g/mol. The summed E-state index contributed by atoms with van der Waals surface area (Å²) in [5, 5.41) is 0. The molecule has 0 amide bonds. The van der Waals surface area contributed by atoms with Crippen LogP contribution in [0, 0.1) is 19.8 Å². The molecule has 0 aliphatic carbocycles. The lowest BCUT2D eigenvalue weighted by Crippen LogP contribution is -2.05. The van der Waals surface area contributed by atoms with E-state index in [1.54, 1.807) is 0 Å². The van der Waals surface area contributed by atoms with E-state index in [-0.39, 0.29) is 0 Å². The van der Waals surface area contributed by atoms with Crippen LogP contribution in [0.25, 0.3) is 0 Å². The first-order valence-corrected chi connectivity index (χ1v) is 15.7. The lowest BCUT2D eigenvalue weighted by atomic mass is 9.88. The zero-order valence-corrected chi connectivity index (χ0v) is 25.6. The summed E-state index contributed by atoms with van der Waals surface area (Å²) >= 11 is 0. The van der Waals surface area contributed by atoms with E-state index in [4.69, 9.17) is 11.5 Å². The van der Waals surface area contributed by atoms with Crippen molar-refractivity contribution in [3.05, 3.63) is 129 Å². The van der Waals surface area contributed by atoms with Gasteiger partial charge in [-0.1, -0.05) is 99.7 Å². The molecule has 0 saturated heterocycles. The number of anilines is 2. The van der Waals surface area contributed by atoms with Crippen LogP contribution in [0.2, 0.25) is 0 Å². The van der Waals surface area contributed by atoms with Gasteiger partial charge in [-0.05, 0) is 127 Å². The van der Waals surface area contributed by atoms with E-state index < -0.39 is 0 Å². The van der Waals surface area contributed by atoms with E-state index in [1.807, 2.05) is 12.1 Å². The average molecular weight is 547 g/mol. The van der Waals surface area contributed by atoms with Crippen molar-refractivity contribution < 1.29 is 0 Å². The number of nitrogens with two attached hydrogens (primary N) is 2. The minimum absolute atomic E-state index is 0.779. The maximum Gasteiger partial charge on any atom is 0.0316 e. The molecular weight excluding hydrogens is 496 g/mol. The number of hydrogen-bond acceptors (Lipinski definition) is 2. The number of hydrogen-bond donors (Lipinski definition) is 2. The van der Waals surface area contributed by atoms with Gasteiger partial charge in [-0.15, -0.1) is 0 Å². The number of rotatable bonds is 15. The third kappa shape index (κ3) is 9.81. The van der Waals surface area contributed by atoms with Crippen LogP contribution in [0.3, 0.4) is 0 Å². The topological polar surface area (TPSA) is 52.0 Å². The fourth-order valence-electron chi connectivity index (χ4n) is 5.96. The zero-order chi connectivity index (χ0) is 29.0. The summed E-state index contributed by atoms with van der Waals surface area (Å²) in [7, 11) is 0. The van der Waals surface area contributed by atoms with Crippen molar-refractivity contribution in [2.75, 3.05) is 11.5 Å². The highest BCUT2D eigenvalue weighted by Gasteiger charge is 2.11. The highest BCUT2D eigenvalue weighted by molar-refractivity contribution is 5.46. The molecule has 4 aromatic rings. The van der Waals surface area contributed by atoms with Gasteiger partial charge in [0.15, 0.2) is 0 Å². The van der Waals surface area contributed by atoms with Crippen molar-refractivity contribution in [3.8, 4) is 0 Å². The Kier molecular flexibility index (Phi) is 11.5. The molecule has 41 heavy (non-hydrogen) atoms. The Labute approximate surface area is 249 Å². The molecule has 0 bridgehead atoms. The molecule has 0 aromatic heterocycles. The summed E-state index contributed by atoms with van der Waals surface area (Å²) in [6.07, 6.45) is 13.5. The first-order chi connectivity index (χ1) is 19.9. The van der Waals surface area contributed by atoms with Gasteiger partial charge in [-0.2, -0.15) is 0 Å². The van der Waals surface area contributed by atoms with Gasteiger partial charge >= 0.3 is 0 Å². The van der Waals surface area contributed by atoms with Gasteiger partial charge in [0.25, 0.3) is 0 Å². The van der Waals surface area contributed by atoms with Crippen LogP contribution in [-0.2, 0) is 25.7 Å². The molecule has 0 saturated carbocycles. The molecule has 0 atom stereocenters. The fraction of sp³-hybridized carbons (Fsp3) is 0.385. The largest absolute Gasteiger partial charge is 0.399 e. The van der Waals surface area contributed by atoms with Gasteiger partial charge in [0.1, 0.15) is 0 Å². The van der Waals surface area contributed by atoms with Crippen LogP contribution in [0.15, 0.2) is 84.9 Å². The van der Waals surface area contributed by atoms with Crippen LogP contribution in [0.4, 0.5) is 11.4 Å². The Morgan fingerprint density at radius 3 is 1.37 bits per heavy atom. The van der Waals surface area contributed by atoms with Gasteiger partial charge in [0.2, 0.25) is 0 Å². The molecule has 4 rings (SSSR count). The van der Waals surface area contributed by atoms with E-state index >= 15 is 0 Å². The van der Waals surface area contributed by atoms with Crippen molar-refractivity contribution in [2.24, 2.45) is 5.92 Å². The molecular formula is C39H50N2. The molecule has 2 nitrogen and oxygen atoms in total. The third-order valence-corrected chi connectivity index (χ3v) is 8.72. The van der Waals surface area contributed by atoms with Crippen molar-refractivity contribution in [3.63, 3.8) is 0 Å². The van der Waals surface area contributed by atoms with Gasteiger partial charge in [0, 0.05) is 11.4 Å². The van der Waals surface area contributed by atoms with Crippen molar-refractivity contribution in [1.29, 1.82) is 0 Å². The van der Waals surface area contributed by atoms with E-state index in [0.717, 1.165) is 30.1 Å². The molecule has 0 aliphatic heterocycles. The van der Waals surface area contributed by atoms with Crippen molar-refractivity contribution >= 4 is 11.4 Å². The normalized spacial score (nSPS) is 11.3. The number of benzene rings is 4. The summed E-state index contributed by atoms with van der Waals surface area (Å²) in [6, 6.07) is 31.1. The predicted octanol–water partition coefficient (Wildman–Crippen LogP) is 9.80. The Morgan fingerprint density at radius 1 is 0.512 bits per heavy atom. The highest BCUT2D eigenvalue weighted by Crippen LogP contribution is 2.24. The summed E-state index contributed by atoms with van der Waals surface area (Å²) in [5.41, 5.74) is 24.5. The van der Waals surface area contributed by atoms with Crippen molar-refractivity contribution in [1.82, 2.24) is 0 Å². The molecule has 4 aromatic carbocycles. The summed E-state index contributed by atoms with van der Waals surface area (Å²) in [6.45, 7) is 6.60. The first-order valence-electron chi connectivity index (χ1n) is 15.7. The van der Waals surface area contributed by atoms with E-state index in [0.29, 0.717) is 0 Å². The van der Waals surface area contributed by atoms with E-state index in [2.05, 4.69) is 93.6 Å². The summed E-state index contributed by atoms with van der Waals surface area (Å²) in [5.74, 6) is 0.779. The maximum atomic E-state index is 5.94. The van der Waals surface area contributed by atoms with Gasteiger partial charge in [-0.3, -0.25) is 0 Å². The summed E-state index contributed by atoms with van der Waals surface area (Å²) in [4.78, 5) is 0. The first kappa shape index (κ1) is 30.4. The quantitative estimate of drug-likeness (QED) is 0.115. The lowest BCUT2D eigenvalue weighted by molar-refractivity contribution is 0.400. The molecule has 2 heteroatoms. The Hall–Kier alpha value is -3.52. The van der Waals surface area contributed by atoms with Crippen LogP contribution < -0.4 is 11.5 Å². The second kappa shape index (κ2) is 15.5. The van der Waals surface area contributed by atoms with Gasteiger partial charge < -0.3 is 11.5 Å². The summed E-state index contributed by atoms with van der Waals surface area (Å²) < 4.78 is 0. The molecule has 0 spiro atoms.